The topological polar surface area (TPSA) is 63.0 Å². The summed E-state index contributed by atoms with van der Waals surface area (Å²) >= 11 is 0. The highest BCUT2D eigenvalue weighted by molar-refractivity contribution is 5.73. The summed E-state index contributed by atoms with van der Waals surface area (Å²) in [5, 5.41) is 4.34. The molecule has 3 heterocycles. The normalized spacial score (nSPS) is 17.5. The zero-order valence-corrected chi connectivity index (χ0v) is 16.1. The molecule has 0 N–H and O–H groups in total. The van der Waals surface area contributed by atoms with Crippen LogP contribution in [-0.2, 0) is 17.9 Å². The van der Waals surface area contributed by atoms with E-state index in [0.29, 0.717) is 31.0 Å². The summed E-state index contributed by atoms with van der Waals surface area (Å²) < 4.78 is 21.6. The van der Waals surface area contributed by atoms with Crippen LogP contribution in [-0.4, -0.2) is 45.1 Å². The quantitative estimate of drug-likeness (QED) is 0.597. The molecule has 1 aliphatic rings. The molecule has 1 amide bonds. The van der Waals surface area contributed by atoms with Crippen LogP contribution in [0.5, 0.6) is 5.75 Å². The molecule has 3 aromatic rings. The Morgan fingerprint density at radius 1 is 1.25 bits per heavy atom. The molecular formula is C20H22FN5O2. The van der Waals surface area contributed by atoms with E-state index in [1.807, 2.05) is 31.1 Å². The van der Waals surface area contributed by atoms with Gasteiger partial charge in [0.1, 0.15) is 23.5 Å². The van der Waals surface area contributed by atoms with Gasteiger partial charge < -0.3 is 14.5 Å². The van der Waals surface area contributed by atoms with E-state index in [1.54, 1.807) is 21.7 Å². The fourth-order valence-corrected chi connectivity index (χ4v) is 3.43. The Morgan fingerprint density at radius 3 is 2.86 bits per heavy atom. The van der Waals surface area contributed by atoms with Crippen molar-refractivity contribution in [3.63, 3.8) is 0 Å². The van der Waals surface area contributed by atoms with Crippen molar-refractivity contribution in [1.82, 2.24) is 19.5 Å². The summed E-state index contributed by atoms with van der Waals surface area (Å²) in [6.45, 7) is 4.66. The third-order valence-electron chi connectivity index (χ3n) is 4.86. The SMILES string of the molecule is CC(=O)N1Cc2cnn3ccc(nc23)N(C)Cc2cc(F)ccc2O[C@@H](C)C1. The molecule has 0 aliphatic carbocycles. The fraction of sp³-hybridized carbons (Fsp3) is 0.350. The highest BCUT2D eigenvalue weighted by atomic mass is 19.1. The van der Waals surface area contributed by atoms with Gasteiger partial charge >= 0.3 is 0 Å². The Bertz CT molecular complexity index is 1030. The summed E-state index contributed by atoms with van der Waals surface area (Å²) in [5.74, 6) is 0.954. The number of carbonyl (C=O) groups excluding carboxylic acids is 1. The highest BCUT2D eigenvalue weighted by Crippen LogP contribution is 2.26. The molecule has 146 valence electrons. The lowest BCUT2D eigenvalue weighted by Crippen LogP contribution is -2.36. The molecule has 4 rings (SSSR count). The van der Waals surface area contributed by atoms with Crippen molar-refractivity contribution < 1.29 is 13.9 Å². The molecule has 0 saturated carbocycles. The summed E-state index contributed by atoms with van der Waals surface area (Å²) in [7, 11) is 1.90. The molecule has 2 aromatic heterocycles. The Morgan fingerprint density at radius 2 is 2.07 bits per heavy atom. The average Bonchev–Trinajstić information content (AvgIpc) is 3.05. The minimum atomic E-state index is -0.320. The fourth-order valence-electron chi connectivity index (χ4n) is 3.43. The van der Waals surface area contributed by atoms with Gasteiger partial charge in [0.2, 0.25) is 5.91 Å². The second-order valence-electron chi connectivity index (χ2n) is 7.16. The average molecular weight is 383 g/mol. The highest BCUT2D eigenvalue weighted by Gasteiger charge is 2.20. The summed E-state index contributed by atoms with van der Waals surface area (Å²) in [5.41, 5.74) is 2.28. The molecule has 0 unspecified atom stereocenters. The number of carbonyl (C=O) groups is 1. The lowest BCUT2D eigenvalue weighted by molar-refractivity contribution is -0.130. The van der Waals surface area contributed by atoms with Gasteiger partial charge in [-0.05, 0) is 31.2 Å². The van der Waals surface area contributed by atoms with Crippen molar-refractivity contribution in [3.05, 3.63) is 53.6 Å². The van der Waals surface area contributed by atoms with Crippen LogP contribution in [0.2, 0.25) is 0 Å². The van der Waals surface area contributed by atoms with Crippen molar-refractivity contribution in [2.24, 2.45) is 0 Å². The van der Waals surface area contributed by atoms with Crippen molar-refractivity contribution >= 4 is 17.4 Å². The Kier molecular flexibility index (Phi) is 4.62. The zero-order chi connectivity index (χ0) is 19.8. The molecule has 0 spiro atoms. The first-order valence-corrected chi connectivity index (χ1v) is 9.15. The van der Waals surface area contributed by atoms with Crippen molar-refractivity contribution in [2.75, 3.05) is 18.5 Å². The Balaban J connectivity index is 1.83. The van der Waals surface area contributed by atoms with Crippen molar-refractivity contribution in [2.45, 2.75) is 33.0 Å². The van der Waals surface area contributed by atoms with E-state index in [-0.39, 0.29) is 17.8 Å². The predicted octanol–water partition coefficient (Wildman–Crippen LogP) is 2.63. The van der Waals surface area contributed by atoms with Crippen LogP contribution in [0, 0.1) is 5.82 Å². The van der Waals surface area contributed by atoms with E-state index >= 15 is 0 Å². The van der Waals surface area contributed by atoms with Gasteiger partial charge in [0.25, 0.3) is 0 Å². The van der Waals surface area contributed by atoms with Crippen LogP contribution in [0.1, 0.15) is 25.0 Å². The number of aromatic nitrogens is 3. The lowest BCUT2D eigenvalue weighted by atomic mass is 10.1. The number of anilines is 1. The van der Waals surface area contributed by atoms with Crippen molar-refractivity contribution in [3.8, 4) is 5.75 Å². The molecule has 1 aliphatic heterocycles. The molecule has 0 fully saturated rings. The largest absolute Gasteiger partial charge is 0.489 e. The minimum Gasteiger partial charge on any atom is -0.489 e. The molecule has 8 heteroatoms. The zero-order valence-electron chi connectivity index (χ0n) is 16.1. The maximum atomic E-state index is 13.9. The van der Waals surface area contributed by atoms with Crippen LogP contribution in [0.15, 0.2) is 36.7 Å². The number of fused-ring (bicyclic) bond motifs is 2. The first-order chi connectivity index (χ1) is 13.4. The van der Waals surface area contributed by atoms with Gasteiger partial charge in [-0.2, -0.15) is 5.10 Å². The lowest BCUT2D eigenvalue weighted by Gasteiger charge is -2.26. The second kappa shape index (κ2) is 7.10. The number of nitrogens with zero attached hydrogens (tertiary/aromatic N) is 5. The van der Waals surface area contributed by atoms with Crippen LogP contribution in [0.25, 0.3) is 5.65 Å². The first-order valence-electron chi connectivity index (χ1n) is 9.15. The predicted molar refractivity (Wildman–Crippen MR) is 103 cm³/mol. The van der Waals surface area contributed by atoms with Gasteiger partial charge in [-0.1, -0.05) is 0 Å². The van der Waals surface area contributed by atoms with E-state index in [0.717, 1.165) is 16.9 Å². The third kappa shape index (κ3) is 3.49. The van der Waals surface area contributed by atoms with Gasteiger partial charge in [0.05, 0.1) is 19.3 Å². The molecule has 1 aromatic carbocycles. The van der Waals surface area contributed by atoms with Crippen LogP contribution in [0.4, 0.5) is 10.2 Å². The van der Waals surface area contributed by atoms with Gasteiger partial charge in [-0.15, -0.1) is 0 Å². The van der Waals surface area contributed by atoms with Crippen LogP contribution >= 0.6 is 0 Å². The molecule has 7 nitrogen and oxygen atoms in total. The van der Waals surface area contributed by atoms with Gasteiger partial charge in [0, 0.05) is 37.8 Å². The van der Waals surface area contributed by atoms with E-state index in [4.69, 9.17) is 9.72 Å². The van der Waals surface area contributed by atoms with E-state index < -0.39 is 0 Å². The van der Waals surface area contributed by atoms with Gasteiger partial charge in [-0.25, -0.2) is 13.9 Å². The van der Waals surface area contributed by atoms with E-state index in [2.05, 4.69) is 5.10 Å². The number of halogens is 1. The number of hydrogen-bond donors (Lipinski definition) is 0. The summed E-state index contributed by atoms with van der Waals surface area (Å²) in [6.07, 6.45) is 3.31. The van der Waals surface area contributed by atoms with Gasteiger partial charge in [-0.3, -0.25) is 4.79 Å². The standard InChI is InChI=1S/C20H22FN5O2/c1-13-10-25(14(2)27)12-16-9-22-26-7-6-19(23-20(16)26)24(3)11-15-8-17(21)4-5-18(15)28-13/h4-9,13H,10-12H2,1-3H3/t13-/m0/s1. The molecule has 0 radical (unpaired) electrons. The van der Waals surface area contributed by atoms with E-state index in [1.165, 1.54) is 19.1 Å². The number of benzene rings is 1. The number of hydrogen-bond acceptors (Lipinski definition) is 5. The second-order valence-corrected chi connectivity index (χ2v) is 7.16. The van der Waals surface area contributed by atoms with Crippen molar-refractivity contribution in [1.29, 1.82) is 0 Å². The summed E-state index contributed by atoms with van der Waals surface area (Å²) in [6, 6.07) is 6.35. The first kappa shape index (κ1) is 18.2. The minimum absolute atomic E-state index is 0.0581. The molecule has 0 saturated heterocycles. The molecule has 1 atom stereocenters. The Labute approximate surface area is 162 Å². The van der Waals surface area contributed by atoms with Crippen LogP contribution < -0.4 is 9.64 Å². The maximum Gasteiger partial charge on any atom is 0.219 e. The monoisotopic (exact) mass is 383 g/mol. The molecule has 2 bridgehead atoms. The summed E-state index contributed by atoms with van der Waals surface area (Å²) in [4.78, 5) is 20.6. The van der Waals surface area contributed by atoms with Crippen LogP contribution in [0.3, 0.4) is 0 Å². The molecule has 28 heavy (non-hydrogen) atoms. The smallest absolute Gasteiger partial charge is 0.219 e. The maximum absolute atomic E-state index is 13.9. The number of rotatable bonds is 0. The van der Waals surface area contributed by atoms with Gasteiger partial charge in [0.15, 0.2) is 5.65 Å². The molecular weight excluding hydrogens is 361 g/mol. The Hall–Kier alpha value is -3.16. The number of ether oxygens (including phenoxy) is 1. The van der Waals surface area contributed by atoms with E-state index in [9.17, 15) is 9.18 Å². The third-order valence-corrected chi connectivity index (χ3v) is 4.86. The number of amides is 1.